The quantitative estimate of drug-likeness (QED) is 0.853. The van der Waals surface area contributed by atoms with Crippen molar-refractivity contribution in [3.63, 3.8) is 0 Å². The van der Waals surface area contributed by atoms with Crippen molar-refractivity contribution in [1.82, 2.24) is 15.1 Å². The van der Waals surface area contributed by atoms with Gasteiger partial charge in [0.1, 0.15) is 0 Å². The van der Waals surface area contributed by atoms with E-state index in [4.69, 9.17) is 10.3 Å². The third-order valence-corrected chi connectivity index (χ3v) is 3.78. The Morgan fingerprint density at radius 3 is 2.43 bits per heavy atom. The first kappa shape index (κ1) is 17.9. The molecule has 1 fully saturated rings. The Kier molecular flexibility index (Phi) is 6.58. The van der Waals surface area contributed by atoms with Gasteiger partial charge in [0, 0.05) is 12.4 Å². The monoisotopic (exact) mass is 330 g/mol. The predicted octanol–water partition coefficient (Wildman–Crippen LogP) is 3.48. The number of nitrogens with two attached hydrogens (primary N) is 1. The second-order valence-corrected chi connectivity index (χ2v) is 5.24. The lowest BCUT2D eigenvalue weighted by Crippen LogP contribution is -2.37. The molecule has 2 aromatic heterocycles. The first-order valence-electron chi connectivity index (χ1n) is 6.81. The Bertz CT molecular complexity index is 539. The van der Waals surface area contributed by atoms with Gasteiger partial charge in [-0.05, 0) is 25.0 Å². The van der Waals surface area contributed by atoms with Crippen molar-refractivity contribution >= 4 is 24.8 Å². The molecule has 21 heavy (non-hydrogen) atoms. The second kappa shape index (κ2) is 7.73. The van der Waals surface area contributed by atoms with E-state index in [1.54, 1.807) is 12.4 Å². The molecule has 0 aromatic carbocycles. The Labute approximate surface area is 136 Å². The van der Waals surface area contributed by atoms with Gasteiger partial charge in [0.15, 0.2) is 5.82 Å². The van der Waals surface area contributed by atoms with Crippen LogP contribution < -0.4 is 5.73 Å². The minimum Gasteiger partial charge on any atom is -0.334 e. The van der Waals surface area contributed by atoms with E-state index in [1.807, 2.05) is 12.1 Å². The zero-order valence-electron chi connectivity index (χ0n) is 11.7. The van der Waals surface area contributed by atoms with Gasteiger partial charge in [-0.3, -0.25) is 4.98 Å². The van der Waals surface area contributed by atoms with E-state index in [1.165, 1.54) is 12.8 Å². The molecule has 0 radical (unpaired) electrons. The highest BCUT2D eigenvalue weighted by Crippen LogP contribution is 2.32. The summed E-state index contributed by atoms with van der Waals surface area (Å²) in [6, 6.07) is 3.75. The van der Waals surface area contributed by atoms with Crippen LogP contribution in [0.2, 0.25) is 0 Å². The molecule has 0 saturated heterocycles. The highest BCUT2D eigenvalue weighted by atomic mass is 35.5. The van der Waals surface area contributed by atoms with Crippen LogP contribution in [0, 0.1) is 0 Å². The molecule has 1 aliphatic carbocycles. The minimum atomic E-state index is -0.430. The van der Waals surface area contributed by atoms with Crippen molar-refractivity contribution in [3.8, 4) is 11.5 Å². The maximum absolute atomic E-state index is 6.47. The van der Waals surface area contributed by atoms with Gasteiger partial charge in [-0.15, -0.1) is 24.8 Å². The number of pyridine rings is 1. The Balaban J connectivity index is 0.00000110. The molecule has 1 saturated carbocycles. The van der Waals surface area contributed by atoms with Crippen LogP contribution in [0.5, 0.6) is 0 Å². The van der Waals surface area contributed by atoms with Crippen LogP contribution in [0.4, 0.5) is 0 Å². The van der Waals surface area contributed by atoms with E-state index in [-0.39, 0.29) is 24.8 Å². The van der Waals surface area contributed by atoms with Crippen molar-refractivity contribution in [3.05, 3.63) is 30.4 Å². The molecule has 2 heterocycles. The molecule has 7 heteroatoms. The fourth-order valence-corrected chi connectivity index (χ4v) is 2.62. The van der Waals surface area contributed by atoms with E-state index in [0.717, 1.165) is 31.2 Å². The molecular formula is C14H20Cl2N4O. The van der Waals surface area contributed by atoms with Crippen LogP contribution in [-0.2, 0) is 5.54 Å². The van der Waals surface area contributed by atoms with E-state index in [2.05, 4.69) is 15.1 Å². The lowest BCUT2D eigenvalue weighted by molar-refractivity contribution is 0.334. The number of rotatable bonds is 2. The van der Waals surface area contributed by atoms with Crippen molar-refractivity contribution < 1.29 is 4.52 Å². The molecule has 2 N–H and O–H groups in total. The molecule has 116 valence electrons. The summed E-state index contributed by atoms with van der Waals surface area (Å²) < 4.78 is 5.33. The predicted molar refractivity (Wildman–Crippen MR) is 85.6 cm³/mol. The molecule has 0 amide bonds. The van der Waals surface area contributed by atoms with Crippen molar-refractivity contribution in [2.45, 2.75) is 44.1 Å². The summed E-state index contributed by atoms with van der Waals surface area (Å²) in [5.41, 5.74) is 6.87. The van der Waals surface area contributed by atoms with Gasteiger partial charge in [-0.25, -0.2) is 0 Å². The standard InChI is InChI=1S/C14H18N4O.2ClH/c15-14(7-3-1-2-4-8-14)13-17-12(19-18-13)11-6-5-9-16-10-11;;/h5-6,9-10H,1-4,7-8,15H2;2*1H. The fraction of sp³-hybridized carbons (Fsp3) is 0.500. The minimum absolute atomic E-state index is 0. The van der Waals surface area contributed by atoms with E-state index < -0.39 is 5.54 Å². The average molecular weight is 331 g/mol. The van der Waals surface area contributed by atoms with Crippen LogP contribution in [-0.4, -0.2) is 15.1 Å². The Morgan fingerprint density at radius 1 is 1.10 bits per heavy atom. The van der Waals surface area contributed by atoms with Crippen LogP contribution in [0.15, 0.2) is 29.0 Å². The fourth-order valence-electron chi connectivity index (χ4n) is 2.62. The molecule has 0 aliphatic heterocycles. The topological polar surface area (TPSA) is 77.8 Å². The SMILES string of the molecule is Cl.Cl.NC1(c2noc(-c3cccnc3)n2)CCCCCC1. The normalized spacial score (nSPS) is 17.2. The van der Waals surface area contributed by atoms with Gasteiger partial charge in [0.2, 0.25) is 0 Å². The molecule has 5 nitrogen and oxygen atoms in total. The lowest BCUT2D eigenvalue weighted by Gasteiger charge is -2.23. The number of hydrogen-bond acceptors (Lipinski definition) is 5. The molecule has 0 unspecified atom stereocenters. The summed E-state index contributed by atoms with van der Waals surface area (Å²) in [7, 11) is 0. The summed E-state index contributed by atoms with van der Waals surface area (Å²) in [6.07, 6.45) is 10.0. The van der Waals surface area contributed by atoms with Crippen LogP contribution in [0.3, 0.4) is 0 Å². The van der Waals surface area contributed by atoms with Gasteiger partial charge >= 0.3 is 0 Å². The molecule has 0 spiro atoms. The summed E-state index contributed by atoms with van der Waals surface area (Å²) >= 11 is 0. The molecule has 0 atom stereocenters. The third kappa shape index (κ3) is 3.93. The summed E-state index contributed by atoms with van der Waals surface area (Å²) in [5.74, 6) is 1.13. The molecule has 2 aromatic rings. The van der Waals surface area contributed by atoms with Crippen LogP contribution in [0.25, 0.3) is 11.5 Å². The lowest BCUT2D eigenvalue weighted by atomic mass is 9.91. The van der Waals surface area contributed by atoms with E-state index in [9.17, 15) is 0 Å². The summed E-state index contributed by atoms with van der Waals surface area (Å²) in [5, 5.41) is 4.09. The molecule has 0 bridgehead atoms. The third-order valence-electron chi connectivity index (χ3n) is 3.78. The van der Waals surface area contributed by atoms with Gasteiger partial charge in [-0.1, -0.05) is 30.8 Å². The number of halogens is 2. The average Bonchev–Trinajstić information content (AvgIpc) is 2.85. The highest BCUT2D eigenvalue weighted by molar-refractivity contribution is 5.85. The maximum atomic E-state index is 6.47. The summed E-state index contributed by atoms with van der Waals surface area (Å²) in [6.45, 7) is 0. The summed E-state index contributed by atoms with van der Waals surface area (Å²) in [4.78, 5) is 8.53. The van der Waals surface area contributed by atoms with Gasteiger partial charge in [0.05, 0.1) is 11.1 Å². The van der Waals surface area contributed by atoms with Crippen LogP contribution in [0.1, 0.15) is 44.3 Å². The molecule has 3 rings (SSSR count). The molecular weight excluding hydrogens is 311 g/mol. The Morgan fingerprint density at radius 2 is 1.81 bits per heavy atom. The van der Waals surface area contributed by atoms with E-state index >= 15 is 0 Å². The maximum Gasteiger partial charge on any atom is 0.259 e. The van der Waals surface area contributed by atoms with Crippen molar-refractivity contribution in [2.75, 3.05) is 0 Å². The van der Waals surface area contributed by atoms with Gasteiger partial charge in [0.25, 0.3) is 5.89 Å². The smallest absolute Gasteiger partial charge is 0.259 e. The second-order valence-electron chi connectivity index (χ2n) is 5.24. The highest BCUT2D eigenvalue weighted by Gasteiger charge is 2.33. The largest absolute Gasteiger partial charge is 0.334 e. The van der Waals surface area contributed by atoms with Crippen molar-refractivity contribution in [1.29, 1.82) is 0 Å². The van der Waals surface area contributed by atoms with Gasteiger partial charge in [-0.2, -0.15) is 4.98 Å². The number of nitrogens with zero attached hydrogens (tertiary/aromatic N) is 3. The first-order valence-corrected chi connectivity index (χ1v) is 6.81. The van der Waals surface area contributed by atoms with Crippen LogP contribution >= 0.6 is 24.8 Å². The first-order chi connectivity index (χ1) is 9.28. The van der Waals surface area contributed by atoms with Gasteiger partial charge < -0.3 is 10.3 Å². The van der Waals surface area contributed by atoms with E-state index in [0.29, 0.717) is 11.7 Å². The zero-order chi connectivity index (χ0) is 13.1. The molecule has 1 aliphatic rings. The Hall–Kier alpha value is -1.17. The number of aromatic nitrogens is 3. The van der Waals surface area contributed by atoms with Crippen molar-refractivity contribution in [2.24, 2.45) is 5.73 Å². The zero-order valence-corrected chi connectivity index (χ0v) is 13.3. The number of hydrogen-bond donors (Lipinski definition) is 1.